The lowest BCUT2D eigenvalue weighted by molar-refractivity contribution is 0.631. The molecule has 0 saturated heterocycles. The van der Waals surface area contributed by atoms with E-state index in [1.807, 2.05) is 30.3 Å². The Morgan fingerprint density at radius 3 is 2.71 bits per heavy atom. The molecule has 0 aliphatic carbocycles. The van der Waals surface area contributed by atoms with Crippen molar-refractivity contribution >= 4 is 17.3 Å². The summed E-state index contributed by atoms with van der Waals surface area (Å²) in [4.78, 5) is 4.19. The van der Waals surface area contributed by atoms with Gasteiger partial charge in [-0.25, -0.2) is 9.07 Å². The van der Waals surface area contributed by atoms with E-state index in [0.29, 0.717) is 11.6 Å². The SMILES string of the molecule is Cc1cc(F)c(N)cc1Nc1ncn(-c2ccccc2)n1. The van der Waals surface area contributed by atoms with Crippen LogP contribution in [0.25, 0.3) is 5.69 Å². The Labute approximate surface area is 121 Å². The normalized spacial score (nSPS) is 10.6. The van der Waals surface area contributed by atoms with Gasteiger partial charge in [-0.2, -0.15) is 4.98 Å². The van der Waals surface area contributed by atoms with Crippen molar-refractivity contribution in [2.24, 2.45) is 0 Å². The third-order valence-corrected chi connectivity index (χ3v) is 3.10. The van der Waals surface area contributed by atoms with Gasteiger partial charge in [0.25, 0.3) is 0 Å². The Morgan fingerprint density at radius 1 is 1.19 bits per heavy atom. The number of benzene rings is 2. The average molecular weight is 283 g/mol. The maximum Gasteiger partial charge on any atom is 0.246 e. The number of nitrogens with two attached hydrogens (primary N) is 1. The first-order valence-corrected chi connectivity index (χ1v) is 6.43. The number of hydrogen-bond acceptors (Lipinski definition) is 4. The Bertz CT molecular complexity index is 767. The van der Waals surface area contributed by atoms with Crippen molar-refractivity contribution in [1.82, 2.24) is 14.8 Å². The summed E-state index contributed by atoms with van der Waals surface area (Å²) in [7, 11) is 0. The van der Waals surface area contributed by atoms with Crippen molar-refractivity contribution in [3.63, 3.8) is 0 Å². The number of nitrogen functional groups attached to an aromatic ring is 1. The van der Waals surface area contributed by atoms with Gasteiger partial charge < -0.3 is 11.1 Å². The topological polar surface area (TPSA) is 68.8 Å². The zero-order valence-corrected chi connectivity index (χ0v) is 11.4. The lowest BCUT2D eigenvalue weighted by Crippen LogP contribution is -2.00. The molecule has 0 atom stereocenters. The molecule has 0 fully saturated rings. The molecule has 2 aromatic carbocycles. The highest BCUT2D eigenvalue weighted by molar-refractivity contribution is 5.64. The van der Waals surface area contributed by atoms with E-state index in [1.54, 1.807) is 17.9 Å². The molecule has 0 aliphatic heterocycles. The smallest absolute Gasteiger partial charge is 0.246 e. The van der Waals surface area contributed by atoms with Crippen molar-refractivity contribution in [3.05, 3.63) is 60.2 Å². The van der Waals surface area contributed by atoms with Crippen molar-refractivity contribution < 1.29 is 4.39 Å². The first kappa shape index (κ1) is 13.1. The predicted molar refractivity (Wildman–Crippen MR) is 80.2 cm³/mol. The van der Waals surface area contributed by atoms with Crippen LogP contribution in [0.5, 0.6) is 0 Å². The molecule has 5 nitrogen and oxygen atoms in total. The van der Waals surface area contributed by atoms with Crippen LogP contribution in [0.1, 0.15) is 5.56 Å². The number of rotatable bonds is 3. The molecule has 0 aliphatic rings. The molecule has 3 rings (SSSR count). The quantitative estimate of drug-likeness (QED) is 0.725. The van der Waals surface area contributed by atoms with Crippen LogP contribution < -0.4 is 11.1 Å². The van der Waals surface area contributed by atoms with E-state index >= 15 is 0 Å². The van der Waals surface area contributed by atoms with Crippen molar-refractivity contribution in [1.29, 1.82) is 0 Å². The van der Waals surface area contributed by atoms with Crippen LogP contribution in [0, 0.1) is 12.7 Å². The van der Waals surface area contributed by atoms with Gasteiger partial charge in [0, 0.05) is 5.69 Å². The van der Waals surface area contributed by atoms with Gasteiger partial charge >= 0.3 is 0 Å². The number of halogens is 1. The molecule has 0 saturated carbocycles. The first-order valence-electron chi connectivity index (χ1n) is 6.43. The summed E-state index contributed by atoms with van der Waals surface area (Å²) in [6.45, 7) is 1.79. The van der Waals surface area contributed by atoms with Gasteiger partial charge in [-0.1, -0.05) is 18.2 Å². The summed E-state index contributed by atoms with van der Waals surface area (Å²) < 4.78 is 15.0. The van der Waals surface area contributed by atoms with E-state index in [1.165, 1.54) is 12.1 Å². The van der Waals surface area contributed by atoms with Crippen molar-refractivity contribution in [2.45, 2.75) is 6.92 Å². The molecular formula is C15H14FN5. The zero-order chi connectivity index (χ0) is 14.8. The minimum atomic E-state index is -0.430. The Hall–Kier alpha value is -2.89. The van der Waals surface area contributed by atoms with Gasteiger partial charge in [-0.3, -0.25) is 0 Å². The number of anilines is 3. The lowest BCUT2D eigenvalue weighted by atomic mass is 10.2. The van der Waals surface area contributed by atoms with Gasteiger partial charge in [0.2, 0.25) is 5.95 Å². The number of aromatic nitrogens is 3. The predicted octanol–water partition coefficient (Wildman–Crippen LogP) is 3.04. The van der Waals surface area contributed by atoms with Crippen LogP contribution in [-0.4, -0.2) is 14.8 Å². The first-order chi connectivity index (χ1) is 10.1. The van der Waals surface area contributed by atoms with Gasteiger partial charge in [-0.05, 0) is 36.8 Å². The summed E-state index contributed by atoms with van der Waals surface area (Å²) in [6.07, 6.45) is 1.61. The molecule has 0 radical (unpaired) electrons. The summed E-state index contributed by atoms with van der Waals surface area (Å²) in [5, 5.41) is 7.37. The maximum absolute atomic E-state index is 13.3. The maximum atomic E-state index is 13.3. The van der Waals surface area contributed by atoms with Gasteiger partial charge in [0.1, 0.15) is 12.1 Å². The molecule has 0 amide bonds. The molecule has 0 unspecified atom stereocenters. The van der Waals surface area contributed by atoms with E-state index in [2.05, 4.69) is 15.4 Å². The third kappa shape index (κ3) is 2.69. The second kappa shape index (κ2) is 5.24. The van der Waals surface area contributed by atoms with Crippen LogP contribution in [0.15, 0.2) is 48.8 Å². The fourth-order valence-electron chi connectivity index (χ4n) is 1.97. The number of hydrogen-bond donors (Lipinski definition) is 2. The molecule has 106 valence electrons. The highest BCUT2D eigenvalue weighted by Gasteiger charge is 2.08. The summed E-state index contributed by atoms with van der Waals surface area (Å²) in [5.74, 6) is -0.00575. The Balaban J connectivity index is 1.87. The van der Waals surface area contributed by atoms with Crippen LogP contribution in [0.4, 0.5) is 21.7 Å². The Morgan fingerprint density at radius 2 is 1.95 bits per heavy atom. The standard InChI is InChI=1S/C15H14FN5/c1-10-7-12(16)13(17)8-14(10)19-15-18-9-21(20-15)11-5-3-2-4-6-11/h2-9H,17H2,1H3,(H,19,20). The fourth-order valence-corrected chi connectivity index (χ4v) is 1.97. The van der Waals surface area contributed by atoms with E-state index in [4.69, 9.17) is 5.73 Å². The summed E-state index contributed by atoms with van der Waals surface area (Å²) in [5.41, 5.74) is 7.99. The lowest BCUT2D eigenvalue weighted by Gasteiger charge is -2.08. The molecule has 0 spiro atoms. The second-order valence-corrected chi connectivity index (χ2v) is 4.66. The van der Waals surface area contributed by atoms with Gasteiger partial charge in [-0.15, -0.1) is 5.10 Å². The van der Waals surface area contributed by atoms with Crippen LogP contribution in [0.3, 0.4) is 0 Å². The minimum Gasteiger partial charge on any atom is -0.396 e. The molecule has 1 heterocycles. The molecule has 3 N–H and O–H groups in total. The van der Waals surface area contributed by atoms with Crippen LogP contribution in [0.2, 0.25) is 0 Å². The molecular weight excluding hydrogens is 269 g/mol. The minimum absolute atomic E-state index is 0.0885. The van der Waals surface area contributed by atoms with E-state index in [-0.39, 0.29) is 5.69 Å². The molecule has 1 aromatic heterocycles. The van der Waals surface area contributed by atoms with E-state index in [0.717, 1.165) is 11.3 Å². The Kier molecular flexibility index (Phi) is 3.27. The molecule has 0 bridgehead atoms. The third-order valence-electron chi connectivity index (χ3n) is 3.10. The number of aryl methyl sites for hydroxylation is 1. The molecule has 3 aromatic rings. The number of nitrogens with zero attached hydrogens (tertiary/aromatic N) is 3. The van der Waals surface area contributed by atoms with Crippen LogP contribution in [-0.2, 0) is 0 Å². The number of para-hydroxylation sites is 1. The van der Waals surface area contributed by atoms with Crippen LogP contribution >= 0.6 is 0 Å². The molecule has 21 heavy (non-hydrogen) atoms. The highest BCUT2D eigenvalue weighted by Crippen LogP contribution is 2.23. The van der Waals surface area contributed by atoms with Crippen molar-refractivity contribution in [3.8, 4) is 5.69 Å². The van der Waals surface area contributed by atoms with Gasteiger partial charge in [0.05, 0.1) is 11.4 Å². The van der Waals surface area contributed by atoms with Gasteiger partial charge in [0.15, 0.2) is 0 Å². The van der Waals surface area contributed by atoms with E-state index in [9.17, 15) is 4.39 Å². The van der Waals surface area contributed by atoms with E-state index < -0.39 is 5.82 Å². The summed E-state index contributed by atoms with van der Waals surface area (Å²) in [6, 6.07) is 12.6. The largest absolute Gasteiger partial charge is 0.396 e. The summed E-state index contributed by atoms with van der Waals surface area (Å²) >= 11 is 0. The average Bonchev–Trinajstić information content (AvgIpc) is 2.94. The number of nitrogens with one attached hydrogen (secondary N) is 1. The van der Waals surface area contributed by atoms with Crippen molar-refractivity contribution in [2.75, 3.05) is 11.1 Å². The zero-order valence-electron chi connectivity index (χ0n) is 11.4. The second-order valence-electron chi connectivity index (χ2n) is 4.66. The highest BCUT2D eigenvalue weighted by atomic mass is 19.1. The molecule has 6 heteroatoms. The fraction of sp³-hybridized carbons (Fsp3) is 0.0667. The monoisotopic (exact) mass is 283 g/mol.